The fourth-order valence-corrected chi connectivity index (χ4v) is 5.32. The van der Waals surface area contributed by atoms with Crippen LogP contribution < -0.4 is 15.2 Å². The molecule has 1 aliphatic heterocycles. The van der Waals surface area contributed by atoms with Crippen molar-refractivity contribution in [3.8, 4) is 45.6 Å². The molecular weight excluding hydrogens is 566 g/mol. The van der Waals surface area contributed by atoms with Gasteiger partial charge in [-0.2, -0.15) is 10.4 Å². The topological polar surface area (TPSA) is 119 Å². The number of halogens is 2. The molecular formula is C33H32F2N6O3. The van der Waals surface area contributed by atoms with Crippen LogP contribution in [0.15, 0.2) is 48.8 Å². The molecule has 5 rings (SSSR count). The van der Waals surface area contributed by atoms with Gasteiger partial charge in [0.25, 0.3) is 5.91 Å². The lowest BCUT2D eigenvalue weighted by Crippen LogP contribution is -2.38. The monoisotopic (exact) mass is 598 g/mol. The van der Waals surface area contributed by atoms with Crippen molar-refractivity contribution in [3.05, 3.63) is 82.8 Å². The van der Waals surface area contributed by atoms with Gasteiger partial charge in [0.05, 0.1) is 35.8 Å². The van der Waals surface area contributed by atoms with E-state index in [9.17, 15) is 18.8 Å². The van der Waals surface area contributed by atoms with Gasteiger partial charge in [-0.3, -0.25) is 9.78 Å². The first kappa shape index (κ1) is 30.2. The first-order valence-electron chi connectivity index (χ1n) is 14.0. The van der Waals surface area contributed by atoms with Crippen molar-refractivity contribution in [2.75, 3.05) is 14.2 Å². The molecule has 11 heteroatoms. The minimum atomic E-state index is -0.896. The highest BCUT2D eigenvalue weighted by atomic mass is 19.1. The van der Waals surface area contributed by atoms with Crippen molar-refractivity contribution in [1.29, 1.82) is 5.26 Å². The van der Waals surface area contributed by atoms with Gasteiger partial charge in [0.2, 0.25) is 0 Å². The normalized spacial score (nSPS) is 12.6. The third kappa shape index (κ3) is 5.13. The SMILES string of the molecule is CC/C=C(\c1nn(-c2cc(F)cc(F)c2)c2c1COc1cc(OC)c(-c3cncc(C(N)=O)c3C)cc1-2)N(C)C(C)(C)C#N. The summed E-state index contributed by atoms with van der Waals surface area (Å²) in [5, 5.41) is 14.8. The first-order chi connectivity index (χ1) is 20.9. The fraction of sp³-hybridized carbons (Fsp3) is 0.273. The molecule has 2 N–H and O–H groups in total. The Morgan fingerprint density at radius 1 is 1.18 bits per heavy atom. The Hall–Kier alpha value is -5.24. The molecule has 1 amide bonds. The summed E-state index contributed by atoms with van der Waals surface area (Å²) in [5.41, 5.74) is 9.93. The number of hydrogen-bond acceptors (Lipinski definition) is 7. The number of ether oxygens (including phenoxy) is 2. The molecule has 0 bridgehead atoms. The first-order valence-corrected chi connectivity index (χ1v) is 14.0. The van der Waals surface area contributed by atoms with E-state index in [0.717, 1.165) is 6.07 Å². The number of carbonyl (C=O) groups excluding carboxylic acids is 1. The Balaban J connectivity index is 1.85. The van der Waals surface area contributed by atoms with E-state index in [0.29, 0.717) is 62.8 Å². The van der Waals surface area contributed by atoms with E-state index in [1.807, 2.05) is 24.0 Å². The van der Waals surface area contributed by atoms with E-state index in [2.05, 4.69) is 11.1 Å². The predicted molar refractivity (Wildman–Crippen MR) is 162 cm³/mol. The summed E-state index contributed by atoms with van der Waals surface area (Å²) < 4.78 is 42.6. The van der Waals surface area contributed by atoms with E-state index < -0.39 is 23.1 Å². The summed E-state index contributed by atoms with van der Waals surface area (Å²) in [6.07, 6.45) is 5.62. The van der Waals surface area contributed by atoms with Crippen molar-refractivity contribution in [2.24, 2.45) is 5.73 Å². The fourth-order valence-electron chi connectivity index (χ4n) is 5.32. The van der Waals surface area contributed by atoms with Gasteiger partial charge in [0.15, 0.2) is 0 Å². The van der Waals surface area contributed by atoms with Gasteiger partial charge in [-0.1, -0.05) is 13.0 Å². The number of methoxy groups -OCH3 is 1. The lowest BCUT2D eigenvalue weighted by atomic mass is 9.93. The number of rotatable bonds is 8. The molecule has 0 aliphatic carbocycles. The number of carbonyl (C=O) groups is 1. The Kier molecular flexibility index (Phi) is 7.86. The number of hydrogen-bond donors (Lipinski definition) is 1. The molecule has 9 nitrogen and oxygen atoms in total. The van der Waals surface area contributed by atoms with E-state index in [4.69, 9.17) is 20.3 Å². The second-order valence-electron chi connectivity index (χ2n) is 11.0. The van der Waals surface area contributed by atoms with Crippen molar-refractivity contribution < 1.29 is 23.0 Å². The average Bonchev–Trinajstić information content (AvgIpc) is 3.38. The summed E-state index contributed by atoms with van der Waals surface area (Å²) in [6.45, 7) is 7.42. The smallest absolute Gasteiger partial charge is 0.250 e. The highest BCUT2D eigenvalue weighted by Crippen LogP contribution is 2.47. The third-order valence-electron chi connectivity index (χ3n) is 7.89. The summed E-state index contributed by atoms with van der Waals surface area (Å²) in [6, 6.07) is 9.08. The molecule has 226 valence electrons. The van der Waals surface area contributed by atoms with Gasteiger partial charge < -0.3 is 20.1 Å². The number of amides is 1. The van der Waals surface area contributed by atoms with Crippen LogP contribution in [0.4, 0.5) is 8.78 Å². The average molecular weight is 599 g/mol. The van der Waals surface area contributed by atoms with E-state index in [1.165, 1.54) is 30.1 Å². The molecule has 0 fully saturated rings. The molecule has 0 radical (unpaired) electrons. The summed E-state index contributed by atoms with van der Waals surface area (Å²) in [4.78, 5) is 18.2. The highest BCUT2D eigenvalue weighted by Gasteiger charge is 2.34. The maximum Gasteiger partial charge on any atom is 0.250 e. The minimum absolute atomic E-state index is 0.0948. The molecule has 3 heterocycles. The molecule has 2 aromatic carbocycles. The minimum Gasteiger partial charge on any atom is -0.496 e. The molecule has 0 unspecified atom stereocenters. The largest absolute Gasteiger partial charge is 0.496 e. The molecule has 1 aliphatic rings. The van der Waals surface area contributed by atoms with Crippen LogP contribution >= 0.6 is 0 Å². The maximum atomic E-state index is 14.6. The Morgan fingerprint density at radius 2 is 1.89 bits per heavy atom. The molecule has 4 aromatic rings. The zero-order valence-electron chi connectivity index (χ0n) is 25.3. The summed E-state index contributed by atoms with van der Waals surface area (Å²) >= 11 is 0. The van der Waals surface area contributed by atoms with Crippen LogP contribution in [-0.4, -0.2) is 45.3 Å². The van der Waals surface area contributed by atoms with Crippen LogP contribution in [0.1, 0.15) is 54.4 Å². The summed E-state index contributed by atoms with van der Waals surface area (Å²) in [5.74, 6) is -1.21. The molecule has 2 aromatic heterocycles. The van der Waals surface area contributed by atoms with Gasteiger partial charge in [-0.05, 0) is 51.0 Å². The van der Waals surface area contributed by atoms with E-state index in [1.54, 1.807) is 40.1 Å². The van der Waals surface area contributed by atoms with Crippen LogP contribution in [0.2, 0.25) is 0 Å². The molecule has 44 heavy (non-hydrogen) atoms. The van der Waals surface area contributed by atoms with Gasteiger partial charge in [-0.15, -0.1) is 0 Å². The van der Waals surface area contributed by atoms with Crippen LogP contribution in [0.5, 0.6) is 11.5 Å². The van der Waals surface area contributed by atoms with Crippen molar-refractivity contribution in [2.45, 2.75) is 46.3 Å². The Bertz CT molecular complexity index is 1850. The molecule has 0 spiro atoms. The van der Waals surface area contributed by atoms with Crippen LogP contribution in [0.3, 0.4) is 0 Å². The maximum absolute atomic E-state index is 14.6. The standard InChI is InChI=1S/C33H32F2N6O3/c1-7-8-27(40(5)33(3,4)17-36)30-26-16-44-29-13-28(43-6)22(24-14-38-15-25(18(24)2)32(37)42)12-23(29)31(26)41(39-30)21-10-19(34)9-20(35)11-21/h8-15H,7,16H2,1-6H3,(H2,37,42)/b27-8+. The number of pyridine rings is 1. The van der Waals surface area contributed by atoms with Gasteiger partial charge in [-0.25, -0.2) is 13.5 Å². The van der Waals surface area contributed by atoms with Crippen molar-refractivity contribution >= 4 is 11.6 Å². The van der Waals surface area contributed by atoms with Crippen LogP contribution in [0.25, 0.3) is 33.8 Å². The van der Waals surface area contributed by atoms with Gasteiger partial charge in [0.1, 0.15) is 41.0 Å². The molecule has 0 atom stereocenters. The van der Waals surface area contributed by atoms with Gasteiger partial charge in [0, 0.05) is 53.8 Å². The van der Waals surface area contributed by atoms with E-state index >= 15 is 0 Å². The van der Waals surface area contributed by atoms with Crippen molar-refractivity contribution in [1.82, 2.24) is 19.7 Å². The number of primary amides is 1. The summed E-state index contributed by atoms with van der Waals surface area (Å²) in [7, 11) is 3.33. The number of nitrogens with zero attached hydrogens (tertiary/aromatic N) is 5. The lowest BCUT2D eigenvalue weighted by molar-refractivity contribution is 0.0999. The second kappa shape index (κ2) is 11.4. The number of aromatic nitrogens is 3. The second-order valence-corrected chi connectivity index (χ2v) is 11.0. The van der Waals surface area contributed by atoms with Crippen LogP contribution in [0, 0.1) is 29.9 Å². The zero-order valence-corrected chi connectivity index (χ0v) is 25.3. The number of benzene rings is 2. The zero-order chi connectivity index (χ0) is 31.9. The third-order valence-corrected chi connectivity index (χ3v) is 7.89. The molecule has 0 saturated carbocycles. The lowest BCUT2D eigenvalue weighted by Gasteiger charge is -2.33. The predicted octanol–water partition coefficient (Wildman–Crippen LogP) is 6.17. The highest BCUT2D eigenvalue weighted by molar-refractivity contribution is 5.96. The van der Waals surface area contributed by atoms with Crippen LogP contribution in [-0.2, 0) is 6.61 Å². The van der Waals surface area contributed by atoms with E-state index in [-0.39, 0.29) is 17.9 Å². The number of fused-ring (bicyclic) bond motifs is 3. The van der Waals surface area contributed by atoms with Gasteiger partial charge >= 0.3 is 0 Å². The quantitative estimate of drug-likeness (QED) is 0.258. The number of nitriles is 1. The Morgan fingerprint density at radius 3 is 2.50 bits per heavy atom. The number of allylic oxidation sites excluding steroid dienone is 1. The number of nitrogens with two attached hydrogens (primary N) is 1. The van der Waals surface area contributed by atoms with Crippen molar-refractivity contribution in [3.63, 3.8) is 0 Å². The Labute approximate surface area is 254 Å². The molecule has 0 saturated heterocycles.